The van der Waals surface area contributed by atoms with Gasteiger partial charge < -0.3 is 10.4 Å². The molecular weight excluding hydrogens is 452 g/mol. The van der Waals surface area contributed by atoms with E-state index in [0.29, 0.717) is 19.3 Å². The van der Waals surface area contributed by atoms with Crippen LogP contribution in [0.5, 0.6) is 5.75 Å². The Kier molecular flexibility index (Phi) is 7.82. The minimum atomic E-state index is -3.02. The van der Waals surface area contributed by atoms with E-state index in [1.54, 1.807) is 24.3 Å². The van der Waals surface area contributed by atoms with Gasteiger partial charge in [0.25, 0.3) is 0 Å². The third-order valence-electron chi connectivity index (χ3n) is 7.90. The monoisotopic (exact) mass is 492 g/mol. The number of hydrogen-bond donors (Lipinski definition) is 2. The number of Topliss-reactive ketones (excluding diaryl/α,β-unsaturated/α-hetero) is 1. The second kappa shape index (κ2) is 9.97. The molecule has 1 atom stereocenters. The molecule has 34 heavy (non-hydrogen) atoms. The average Bonchev–Trinajstić information content (AvgIpc) is 2.74. The number of carbonyl (C=O) groups excluding carboxylic acids is 2. The van der Waals surface area contributed by atoms with Crippen molar-refractivity contribution in [1.82, 2.24) is 10.2 Å². The molecule has 0 saturated carbocycles. The Balaban J connectivity index is 1.74. The van der Waals surface area contributed by atoms with Crippen molar-refractivity contribution in [1.29, 1.82) is 0 Å². The van der Waals surface area contributed by atoms with Crippen LogP contribution in [0.3, 0.4) is 0 Å². The molecule has 2 saturated heterocycles. The lowest BCUT2D eigenvalue weighted by Crippen LogP contribution is -2.59. The van der Waals surface area contributed by atoms with Crippen LogP contribution in [0.2, 0.25) is 0 Å². The quantitative estimate of drug-likeness (QED) is 0.606. The van der Waals surface area contributed by atoms with Gasteiger partial charge in [-0.05, 0) is 84.5 Å². The molecular formula is C26H40N2O5S. The molecule has 1 aromatic rings. The van der Waals surface area contributed by atoms with Crippen LogP contribution in [-0.2, 0) is 25.8 Å². The number of rotatable bonds is 7. The van der Waals surface area contributed by atoms with E-state index in [9.17, 15) is 23.1 Å². The first-order valence-corrected chi connectivity index (χ1v) is 14.1. The highest BCUT2D eigenvalue weighted by molar-refractivity contribution is 7.91. The third kappa shape index (κ3) is 6.60. The van der Waals surface area contributed by atoms with Crippen molar-refractivity contribution < 1.29 is 23.1 Å². The molecule has 8 heteroatoms. The summed E-state index contributed by atoms with van der Waals surface area (Å²) in [4.78, 5) is 29.1. The van der Waals surface area contributed by atoms with E-state index in [1.165, 1.54) is 0 Å². The minimum absolute atomic E-state index is 0.0826. The molecule has 3 rings (SSSR count). The number of nitrogens with one attached hydrogen (secondary N) is 1. The first-order valence-electron chi connectivity index (χ1n) is 12.2. The Morgan fingerprint density at radius 2 is 1.59 bits per heavy atom. The van der Waals surface area contributed by atoms with Gasteiger partial charge in [-0.25, -0.2) is 8.42 Å². The van der Waals surface area contributed by atoms with Gasteiger partial charge in [-0.3, -0.25) is 14.5 Å². The molecule has 1 aromatic carbocycles. The van der Waals surface area contributed by atoms with Gasteiger partial charge in [-0.15, -0.1) is 0 Å². The summed E-state index contributed by atoms with van der Waals surface area (Å²) in [5.74, 6) is -0.423. The normalized spacial score (nSPS) is 23.8. The van der Waals surface area contributed by atoms with Crippen molar-refractivity contribution in [3.8, 4) is 5.75 Å². The molecule has 1 unspecified atom stereocenters. The number of sulfone groups is 1. The fourth-order valence-corrected chi connectivity index (χ4v) is 7.03. The zero-order chi connectivity index (χ0) is 25.3. The van der Waals surface area contributed by atoms with E-state index in [2.05, 4.69) is 45.0 Å². The van der Waals surface area contributed by atoms with Crippen LogP contribution < -0.4 is 5.32 Å². The van der Waals surface area contributed by atoms with Gasteiger partial charge in [0.05, 0.1) is 11.5 Å². The molecule has 2 aliphatic heterocycles. The molecule has 2 fully saturated rings. The Labute approximate surface area is 204 Å². The molecule has 0 aromatic heterocycles. The fourth-order valence-electron chi connectivity index (χ4n) is 5.54. The van der Waals surface area contributed by atoms with E-state index in [1.807, 2.05) is 0 Å². The van der Waals surface area contributed by atoms with E-state index in [-0.39, 0.29) is 58.4 Å². The number of phenols is 1. The highest BCUT2D eigenvalue weighted by atomic mass is 32.2. The number of nitrogens with zero attached hydrogens (tertiary/aromatic N) is 1. The predicted molar refractivity (Wildman–Crippen MR) is 133 cm³/mol. The topological polar surface area (TPSA) is 104 Å². The second-order valence-corrected chi connectivity index (χ2v) is 13.8. The summed E-state index contributed by atoms with van der Waals surface area (Å²) in [6, 6.07) is 6.53. The smallest absolute Gasteiger partial charge is 0.224 e. The van der Waals surface area contributed by atoms with Gasteiger partial charge in [0, 0.05) is 35.4 Å². The molecule has 7 nitrogen and oxygen atoms in total. The molecule has 190 valence electrons. The lowest BCUT2D eigenvalue weighted by atomic mass is 9.71. The van der Waals surface area contributed by atoms with Crippen molar-refractivity contribution in [2.75, 3.05) is 18.6 Å². The molecule has 2 aliphatic rings. The maximum Gasteiger partial charge on any atom is 0.224 e. The van der Waals surface area contributed by atoms with Crippen LogP contribution in [0, 0.1) is 11.8 Å². The van der Waals surface area contributed by atoms with Crippen LogP contribution in [0.4, 0.5) is 0 Å². The Bertz CT molecular complexity index is 969. The second-order valence-electron chi connectivity index (χ2n) is 11.5. The molecule has 1 amide bonds. The van der Waals surface area contributed by atoms with Gasteiger partial charge >= 0.3 is 0 Å². The first-order chi connectivity index (χ1) is 15.7. The number of likely N-dealkylation sites (tertiary alicyclic amines) is 1. The standard InChI is InChI=1S/C26H40N2O5S/c1-25(2)16-20(17-26(3,4)28(25)5)23(30)15-19(14-18-6-8-22(29)9-7-18)24(31)27-21-10-12-34(32,33)13-11-21/h6-9,19-21,29H,10-17H2,1-5H3,(H,27,31). The lowest BCUT2D eigenvalue weighted by Gasteiger charge is -2.53. The molecule has 2 heterocycles. The third-order valence-corrected chi connectivity index (χ3v) is 9.62. The summed E-state index contributed by atoms with van der Waals surface area (Å²) in [6.07, 6.45) is 2.86. The maximum absolute atomic E-state index is 13.5. The van der Waals surface area contributed by atoms with E-state index in [4.69, 9.17) is 0 Å². The minimum Gasteiger partial charge on any atom is -0.508 e. The van der Waals surface area contributed by atoms with Crippen molar-refractivity contribution in [2.24, 2.45) is 11.8 Å². The number of aromatic hydroxyl groups is 1. The number of ketones is 1. The SMILES string of the molecule is CN1C(C)(C)CC(C(=O)CC(Cc2ccc(O)cc2)C(=O)NC2CCS(=O)(=O)CC2)CC1(C)C. The van der Waals surface area contributed by atoms with Gasteiger partial charge in [0.15, 0.2) is 0 Å². The zero-order valence-corrected chi connectivity index (χ0v) is 22.0. The van der Waals surface area contributed by atoms with Crippen LogP contribution in [0.25, 0.3) is 0 Å². The lowest BCUT2D eigenvalue weighted by molar-refractivity contribution is -0.135. The number of phenolic OH excluding ortho intramolecular Hbond substituents is 1. The highest BCUT2D eigenvalue weighted by Crippen LogP contribution is 2.41. The molecule has 0 bridgehead atoms. The summed E-state index contributed by atoms with van der Waals surface area (Å²) < 4.78 is 23.5. The van der Waals surface area contributed by atoms with Crippen LogP contribution in [0.15, 0.2) is 24.3 Å². The van der Waals surface area contributed by atoms with Crippen molar-refractivity contribution in [3.05, 3.63) is 29.8 Å². The summed E-state index contributed by atoms with van der Waals surface area (Å²) >= 11 is 0. The van der Waals surface area contributed by atoms with E-state index >= 15 is 0 Å². The Hall–Kier alpha value is -1.93. The van der Waals surface area contributed by atoms with Crippen LogP contribution >= 0.6 is 0 Å². The summed E-state index contributed by atoms with van der Waals surface area (Å²) in [5.41, 5.74) is 0.635. The summed E-state index contributed by atoms with van der Waals surface area (Å²) in [7, 11) is -0.914. The van der Waals surface area contributed by atoms with Crippen molar-refractivity contribution >= 4 is 21.5 Å². The molecule has 0 radical (unpaired) electrons. The Morgan fingerprint density at radius 1 is 1.06 bits per heavy atom. The van der Waals surface area contributed by atoms with Crippen molar-refractivity contribution in [2.45, 2.75) is 83.3 Å². The summed E-state index contributed by atoms with van der Waals surface area (Å²) in [6.45, 7) is 8.63. The van der Waals surface area contributed by atoms with Gasteiger partial charge in [-0.1, -0.05) is 12.1 Å². The van der Waals surface area contributed by atoms with E-state index in [0.717, 1.165) is 18.4 Å². The molecule has 2 N–H and O–H groups in total. The number of hydrogen-bond acceptors (Lipinski definition) is 6. The highest BCUT2D eigenvalue weighted by Gasteiger charge is 2.45. The number of carbonyl (C=O) groups is 2. The predicted octanol–water partition coefficient (Wildman–Crippen LogP) is 3.10. The number of amides is 1. The zero-order valence-electron chi connectivity index (χ0n) is 21.1. The van der Waals surface area contributed by atoms with E-state index < -0.39 is 15.8 Å². The fraction of sp³-hybridized carbons (Fsp3) is 0.692. The molecule has 0 aliphatic carbocycles. The Morgan fingerprint density at radius 3 is 2.12 bits per heavy atom. The van der Waals surface area contributed by atoms with Gasteiger partial charge in [0.1, 0.15) is 21.4 Å². The van der Waals surface area contributed by atoms with Gasteiger partial charge in [-0.2, -0.15) is 0 Å². The van der Waals surface area contributed by atoms with Gasteiger partial charge in [0.2, 0.25) is 5.91 Å². The van der Waals surface area contributed by atoms with Crippen molar-refractivity contribution in [3.63, 3.8) is 0 Å². The average molecular weight is 493 g/mol. The van der Waals surface area contributed by atoms with Crippen LogP contribution in [0.1, 0.15) is 65.4 Å². The first kappa shape index (κ1) is 26.7. The maximum atomic E-state index is 13.5. The molecule has 0 spiro atoms. The van der Waals surface area contributed by atoms with Crippen LogP contribution in [-0.4, -0.2) is 65.8 Å². The number of piperidine rings is 1. The largest absolute Gasteiger partial charge is 0.508 e. The summed E-state index contributed by atoms with van der Waals surface area (Å²) in [5, 5.41) is 12.6. The number of benzene rings is 1.